The summed E-state index contributed by atoms with van der Waals surface area (Å²) in [4.78, 5) is 12.2. The molecule has 3 N–H and O–H groups in total. The maximum Gasteiger partial charge on any atom is 0.319 e. The van der Waals surface area contributed by atoms with Gasteiger partial charge in [-0.1, -0.05) is 42.0 Å². The summed E-state index contributed by atoms with van der Waals surface area (Å²) in [5.74, 6) is 0. The molecule has 0 unspecified atom stereocenters. The zero-order valence-corrected chi connectivity index (χ0v) is 12.8. The van der Waals surface area contributed by atoms with E-state index in [0.29, 0.717) is 6.42 Å². The summed E-state index contributed by atoms with van der Waals surface area (Å²) < 4.78 is 0. The summed E-state index contributed by atoms with van der Waals surface area (Å²) in [6.45, 7) is 3.98. The minimum Gasteiger partial charge on any atom is -0.390 e. The summed E-state index contributed by atoms with van der Waals surface area (Å²) in [5.41, 5.74) is 5.03. The Kier molecular flexibility index (Phi) is 3.86. The first-order chi connectivity index (χ1) is 10.5. The van der Waals surface area contributed by atoms with Crippen molar-refractivity contribution >= 4 is 11.7 Å². The van der Waals surface area contributed by atoms with E-state index in [9.17, 15) is 9.90 Å². The van der Waals surface area contributed by atoms with Gasteiger partial charge in [-0.05, 0) is 36.6 Å². The van der Waals surface area contributed by atoms with Crippen LogP contribution in [0.2, 0.25) is 0 Å². The molecule has 2 amide bonds. The Morgan fingerprint density at radius 1 is 1.18 bits per heavy atom. The highest BCUT2D eigenvalue weighted by Crippen LogP contribution is 2.31. The first kappa shape index (κ1) is 14.6. The molecule has 2 aromatic rings. The second kappa shape index (κ2) is 5.81. The molecule has 3 rings (SSSR count). The van der Waals surface area contributed by atoms with Gasteiger partial charge in [-0.3, -0.25) is 0 Å². The van der Waals surface area contributed by atoms with Crippen LogP contribution in [0.3, 0.4) is 0 Å². The molecule has 0 bridgehead atoms. The lowest BCUT2D eigenvalue weighted by atomic mass is 10.1. The normalized spacial score (nSPS) is 19.6. The number of hydrogen-bond acceptors (Lipinski definition) is 2. The molecule has 0 saturated heterocycles. The number of fused-ring (bicyclic) bond motifs is 1. The molecule has 0 spiro atoms. The largest absolute Gasteiger partial charge is 0.390 e. The average Bonchev–Trinajstić information content (AvgIpc) is 2.78. The number of amides is 2. The first-order valence-corrected chi connectivity index (χ1v) is 7.45. The van der Waals surface area contributed by atoms with E-state index in [1.807, 2.05) is 56.3 Å². The summed E-state index contributed by atoms with van der Waals surface area (Å²) in [6, 6.07) is 13.0. The Labute approximate surface area is 130 Å². The molecule has 2 atom stereocenters. The van der Waals surface area contributed by atoms with E-state index in [-0.39, 0.29) is 12.1 Å². The molecule has 0 radical (unpaired) electrons. The zero-order valence-electron chi connectivity index (χ0n) is 12.8. The third-order valence-electron chi connectivity index (χ3n) is 4.12. The van der Waals surface area contributed by atoms with Crippen LogP contribution in [0, 0.1) is 13.8 Å². The van der Waals surface area contributed by atoms with Gasteiger partial charge < -0.3 is 15.7 Å². The molecular formula is C18H20N2O2. The predicted molar refractivity (Wildman–Crippen MR) is 87.0 cm³/mol. The van der Waals surface area contributed by atoms with Gasteiger partial charge in [-0.2, -0.15) is 0 Å². The molecule has 0 saturated carbocycles. The molecule has 114 valence electrons. The summed E-state index contributed by atoms with van der Waals surface area (Å²) >= 11 is 0. The fraction of sp³-hybridized carbons (Fsp3) is 0.278. The number of carbonyl (C=O) groups excluding carboxylic acids is 1. The van der Waals surface area contributed by atoms with Gasteiger partial charge in [0.2, 0.25) is 0 Å². The molecular weight excluding hydrogens is 276 g/mol. The highest BCUT2D eigenvalue weighted by molar-refractivity contribution is 5.90. The number of aliphatic hydroxyl groups excluding tert-OH is 1. The number of benzene rings is 2. The van der Waals surface area contributed by atoms with Gasteiger partial charge in [-0.25, -0.2) is 4.79 Å². The molecule has 0 aliphatic heterocycles. The second-order valence-electron chi connectivity index (χ2n) is 5.86. The van der Waals surface area contributed by atoms with Crippen LogP contribution in [0.4, 0.5) is 10.5 Å². The smallest absolute Gasteiger partial charge is 0.319 e. The standard InChI is InChI=1S/C18H20N2O2/c1-11-7-8-15(12(2)9-11)19-18(22)20-17-14-6-4-3-5-13(14)10-16(17)21/h3-9,16-17,21H,10H2,1-2H3,(H2,19,20,22)/t16-,17+/m0/s1. The third kappa shape index (κ3) is 2.83. The van der Waals surface area contributed by atoms with E-state index >= 15 is 0 Å². The number of carbonyl (C=O) groups is 1. The van der Waals surface area contributed by atoms with E-state index in [1.165, 1.54) is 0 Å². The van der Waals surface area contributed by atoms with Gasteiger partial charge in [0.25, 0.3) is 0 Å². The molecule has 1 aliphatic rings. The predicted octanol–water partition coefficient (Wildman–Crippen LogP) is 3.08. The Morgan fingerprint density at radius 3 is 2.73 bits per heavy atom. The van der Waals surface area contributed by atoms with Crippen LogP contribution < -0.4 is 10.6 Å². The van der Waals surface area contributed by atoms with Crippen molar-refractivity contribution in [1.82, 2.24) is 5.32 Å². The number of hydrogen-bond donors (Lipinski definition) is 3. The van der Waals surface area contributed by atoms with Crippen LogP contribution in [0.15, 0.2) is 42.5 Å². The Balaban J connectivity index is 1.72. The van der Waals surface area contributed by atoms with Crippen LogP contribution in [0.25, 0.3) is 0 Å². The Morgan fingerprint density at radius 2 is 1.95 bits per heavy atom. The number of urea groups is 1. The number of rotatable bonds is 2. The van der Waals surface area contributed by atoms with Crippen molar-refractivity contribution < 1.29 is 9.90 Å². The highest BCUT2D eigenvalue weighted by Gasteiger charge is 2.31. The SMILES string of the molecule is Cc1ccc(NC(=O)N[C@@H]2c3ccccc3C[C@@H]2O)c(C)c1. The molecule has 2 aromatic carbocycles. The minimum atomic E-state index is -0.581. The van der Waals surface area contributed by atoms with Crippen LogP contribution in [-0.4, -0.2) is 17.2 Å². The van der Waals surface area contributed by atoms with E-state index < -0.39 is 6.10 Å². The maximum absolute atomic E-state index is 12.2. The number of aliphatic hydroxyl groups is 1. The van der Waals surface area contributed by atoms with Gasteiger partial charge in [0.15, 0.2) is 0 Å². The Bertz CT molecular complexity index is 712. The van der Waals surface area contributed by atoms with Crippen molar-refractivity contribution in [2.45, 2.75) is 32.4 Å². The van der Waals surface area contributed by atoms with Crippen molar-refractivity contribution in [3.63, 3.8) is 0 Å². The van der Waals surface area contributed by atoms with Crippen molar-refractivity contribution in [3.8, 4) is 0 Å². The van der Waals surface area contributed by atoms with Crippen LogP contribution in [-0.2, 0) is 6.42 Å². The zero-order chi connectivity index (χ0) is 15.7. The fourth-order valence-electron chi connectivity index (χ4n) is 3.00. The van der Waals surface area contributed by atoms with Gasteiger partial charge >= 0.3 is 6.03 Å². The minimum absolute atomic E-state index is 0.298. The first-order valence-electron chi connectivity index (χ1n) is 7.45. The monoisotopic (exact) mass is 296 g/mol. The lowest BCUT2D eigenvalue weighted by molar-refractivity contribution is 0.144. The van der Waals surface area contributed by atoms with E-state index in [2.05, 4.69) is 10.6 Å². The third-order valence-corrected chi connectivity index (χ3v) is 4.12. The van der Waals surface area contributed by atoms with Crippen LogP contribution in [0.5, 0.6) is 0 Å². The van der Waals surface area contributed by atoms with Gasteiger partial charge in [0, 0.05) is 12.1 Å². The van der Waals surface area contributed by atoms with Crippen LogP contribution in [0.1, 0.15) is 28.3 Å². The molecule has 22 heavy (non-hydrogen) atoms. The number of aryl methyl sites for hydroxylation is 2. The molecule has 4 nitrogen and oxygen atoms in total. The lowest BCUT2D eigenvalue weighted by Gasteiger charge is -2.19. The lowest BCUT2D eigenvalue weighted by Crippen LogP contribution is -2.36. The molecule has 4 heteroatoms. The number of anilines is 1. The summed E-state index contributed by atoms with van der Waals surface area (Å²) in [5, 5.41) is 15.9. The topological polar surface area (TPSA) is 61.4 Å². The molecule has 0 fully saturated rings. The average molecular weight is 296 g/mol. The fourth-order valence-corrected chi connectivity index (χ4v) is 3.00. The second-order valence-corrected chi connectivity index (χ2v) is 5.86. The van der Waals surface area contributed by atoms with Crippen molar-refractivity contribution in [2.24, 2.45) is 0 Å². The Hall–Kier alpha value is -2.33. The number of nitrogens with one attached hydrogen (secondary N) is 2. The molecule has 0 aromatic heterocycles. The van der Waals surface area contributed by atoms with E-state index in [1.54, 1.807) is 0 Å². The summed E-state index contributed by atoms with van der Waals surface area (Å²) in [6.07, 6.45) is -0.00715. The van der Waals surface area contributed by atoms with E-state index in [0.717, 1.165) is 27.9 Å². The van der Waals surface area contributed by atoms with E-state index in [4.69, 9.17) is 0 Å². The van der Waals surface area contributed by atoms with Crippen LogP contribution >= 0.6 is 0 Å². The van der Waals surface area contributed by atoms with Gasteiger partial charge in [-0.15, -0.1) is 0 Å². The van der Waals surface area contributed by atoms with Gasteiger partial charge in [0.05, 0.1) is 12.1 Å². The van der Waals surface area contributed by atoms with Crippen molar-refractivity contribution in [3.05, 3.63) is 64.7 Å². The van der Waals surface area contributed by atoms with Gasteiger partial charge in [0.1, 0.15) is 0 Å². The molecule has 0 heterocycles. The quantitative estimate of drug-likeness (QED) is 0.797. The molecule has 1 aliphatic carbocycles. The highest BCUT2D eigenvalue weighted by atomic mass is 16.3. The maximum atomic E-state index is 12.2. The van der Waals surface area contributed by atoms with Crippen molar-refractivity contribution in [1.29, 1.82) is 0 Å². The van der Waals surface area contributed by atoms with Crippen molar-refractivity contribution in [2.75, 3.05) is 5.32 Å². The summed E-state index contributed by atoms with van der Waals surface area (Å²) in [7, 11) is 0.